The van der Waals surface area contributed by atoms with E-state index in [-0.39, 0.29) is 30.1 Å². The maximum Gasteiger partial charge on any atom is 0.253 e. The molecule has 0 bridgehead atoms. The van der Waals surface area contributed by atoms with Crippen LogP contribution in [0.25, 0.3) is 0 Å². The Bertz CT molecular complexity index is 757. The molecule has 0 spiro atoms. The quantitative estimate of drug-likeness (QED) is 0.826. The van der Waals surface area contributed by atoms with Crippen molar-refractivity contribution in [1.82, 2.24) is 9.88 Å². The summed E-state index contributed by atoms with van der Waals surface area (Å²) in [5, 5.41) is 0. The standard InChI is InChI=1S/C19H21N3O2.ClH/c20-17-6-5-15-10-22(11-16(15)17)19(24)13-3-1-12(2-4-13)18(23)14-7-8-21-9-14;/h1-4,7-9,15-17,21H,5-6,10-11,20H2;1H. The summed E-state index contributed by atoms with van der Waals surface area (Å²) in [5.41, 5.74) is 7.99. The fraction of sp³-hybridized carbons (Fsp3) is 0.368. The molecule has 1 aromatic carbocycles. The van der Waals surface area contributed by atoms with Gasteiger partial charge in [0.15, 0.2) is 5.78 Å². The Balaban J connectivity index is 0.00000182. The number of nitrogens with two attached hydrogens (primary N) is 1. The largest absolute Gasteiger partial charge is 0.367 e. The number of aromatic nitrogens is 1. The molecule has 25 heavy (non-hydrogen) atoms. The molecule has 1 aliphatic heterocycles. The molecular formula is C19H22ClN3O2. The average Bonchev–Trinajstić information content (AvgIpc) is 3.33. The number of carbonyl (C=O) groups is 2. The summed E-state index contributed by atoms with van der Waals surface area (Å²) in [6.07, 6.45) is 5.60. The normalized spacial score (nSPS) is 24.7. The molecule has 1 aliphatic carbocycles. The van der Waals surface area contributed by atoms with Crippen LogP contribution >= 0.6 is 12.4 Å². The fourth-order valence-corrected chi connectivity index (χ4v) is 4.05. The average molecular weight is 360 g/mol. The van der Waals surface area contributed by atoms with Crippen LogP contribution in [0, 0.1) is 11.8 Å². The first-order valence-electron chi connectivity index (χ1n) is 8.46. The van der Waals surface area contributed by atoms with Crippen LogP contribution in [0.15, 0.2) is 42.7 Å². The van der Waals surface area contributed by atoms with Gasteiger partial charge in [0.05, 0.1) is 0 Å². The maximum atomic E-state index is 12.7. The number of benzene rings is 1. The summed E-state index contributed by atoms with van der Waals surface area (Å²) in [5.74, 6) is 0.996. The second-order valence-corrected chi connectivity index (χ2v) is 6.88. The Labute approximate surface area is 153 Å². The van der Waals surface area contributed by atoms with Gasteiger partial charge in [0.25, 0.3) is 5.91 Å². The number of H-pyrrole nitrogens is 1. The molecule has 1 amide bonds. The van der Waals surface area contributed by atoms with E-state index in [9.17, 15) is 9.59 Å². The Morgan fingerprint density at radius 3 is 2.36 bits per heavy atom. The van der Waals surface area contributed by atoms with Gasteiger partial charge in [-0.15, -0.1) is 12.4 Å². The number of hydrogen-bond donors (Lipinski definition) is 2. The highest BCUT2D eigenvalue weighted by molar-refractivity contribution is 6.09. The summed E-state index contributed by atoms with van der Waals surface area (Å²) in [6.45, 7) is 1.57. The van der Waals surface area contributed by atoms with Gasteiger partial charge in [-0.3, -0.25) is 9.59 Å². The molecule has 2 aliphatic rings. The molecule has 2 fully saturated rings. The SMILES string of the molecule is Cl.NC1CCC2CN(C(=O)c3ccc(C(=O)c4cc[nH]c4)cc3)CC12. The second kappa shape index (κ2) is 7.02. The summed E-state index contributed by atoms with van der Waals surface area (Å²) < 4.78 is 0. The van der Waals surface area contributed by atoms with Crippen molar-refractivity contribution in [3.63, 3.8) is 0 Å². The molecule has 3 atom stereocenters. The molecule has 6 heteroatoms. The van der Waals surface area contributed by atoms with Crippen molar-refractivity contribution in [1.29, 1.82) is 0 Å². The number of carbonyl (C=O) groups excluding carboxylic acids is 2. The van der Waals surface area contributed by atoms with Crippen LogP contribution < -0.4 is 5.73 Å². The third kappa shape index (κ3) is 3.22. The van der Waals surface area contributed by atoms with Gasteiger partial charge in [0.2, 0.25) is 0 Å². The van der Waals surface area contributed by atoms with Gasteiger partial charge in [0.1, 0.15) is 0 Å². The van der Waals surface area contributed by atoms with E-state index in [1.807, 2.05) is 4.90 Å². The van der Waals surface area contributed by atoms with Crippen LogP contribution in [0.5, 0.6) is 0 Å². The highest BCUT2D eigenvalue weighted by Crippen LogP contribution is 2.37. The first kappa shape index (κ1) is 17.7. The number of halogens is 1. The van der Waals surface area contributed by atoms with Crippen LogP contribution in [0.4, 0.5) is 0 Å². The minimum Gasteiger partial charge on any atom is -0.367 e. The van der Waals surface area contributed by atoms with Crippen LogP contribution in [0.2, 0.25) is 0 Å². The molecule has 1 saturated carbocycles. The van der Waals surface area contributed by atoms with E-state index in [0.717, 1.165) is 25.9 Å². The van der Waals surface area contributed by atoms with Gasteiger partial charge in [-0.1, -0.05) is 12.1 Å². The number of aromatic amines is 1. The predicted octanol–water partition coefficient (Wildman–Crippen LogP) is 2.48. The minimum absolute atomic E-state index is 0. The number of rotatable bonds is 3. The third-order valence-corrected chi connectivity index (χ3v) is 5.45. The van der Waals surface area contributed by atoms with Gasteiger partial charge < -0.3 is 15.6 Å². The summed E-state index contributed by atoms with van der Waals surface area (Å²) >= 11 is 0. The van der Waals surface area contributed by atoms with E-state index in [1.54, 1.807) is 42.7 Å². The molecule has 132 valence electrons. The van der Waals surface area contributed by atoms with E-state index in [1.165, 1.54) is 0 Å². The predicted molar refractivity (Wildman–Crippen MR) is 98.0 cm³/mol. The lowest BCUT2D eigenvalue weighted by Gasteiger charge is -2.19. The molecule has 2 aromatic rings. The molecule has 0 radical (unpaired) electrons. The van der Waals surface area contributed by atoms with Crippen LogP contribution in [-0.2, 0) is 0 Å². The molecule has 3 N–H and O–H groups in total. The molecule has 1 aromatic heterocycles. The number of likely N-dealkylation sites (tertiary alicyclic amines) is 1. The van der Waals surface area contributed by atoms with Gasteiger partial charge in [-0.05, 0) is 42.9 Å². The number of amides is 1. The van der Waals surface area contributed by atoms with Gasteiger partial charge in [-0.2, -0.15) is 0 Å². The van der Waals surface area contributed by atoms with E-state index in [2.05, 4.69) is 4.98 Å². The van der Waals surface area contributed by atoms with Crippen molar-refractivity contribution >= 4 is 24.1 Å². The van der Waals surface area contributed by atoms with Crippen molar-refractivity contribution in [2.24, 2.45) is 17.6 Å². The van der Waals surface area contributed by atoms with E-state index in [0.29, 0.717) is 28.5 Å². The van der Waals surface area contributed by atoms with Crippen molar-refractivity contribution in [2.45, 2.75) is 18.9 Å². The van der Waals surface area contributed by atoms with Crippen LogP contribution in [-0.4, -0.2) is 40.7 Å². The third-order valence-electron chi connectivity index (χ3n) is 5.45. The number of fused-ring (bicyclic) bond motifs is 1. The summed E-state index contributed by atoms with van der Waals surface area (Å²) in [4.78, 5) is 29.8. The second-order valence-electron chi connectivity index (χ2n) is 6.88. The lowest BCUT2D eigenvalue weighted by atomic mass is 9.98. The summed E-state index contributed by atoms with van der Waals surface area (Å²) in [6, 6.07) is 8.92. The Morgan fingerprint density at radius 1 is 1.00 bits per heavy atom. The van der Waals surface area contributed by atoms with Crippen LogP contribution in [0.3, 0.4) is 0 Å². The lowest BCUT2D eigenvalue weighted by molar-refractivity contribution is 0.0779. The maximum absolute atomic E-state index is 12.7. The fourth-order valence-electron chi connectivity index (χ4n) is 4.05. The van der Waals surface area contributed by atoms with Crippen LogP contribution in [0.1, 0.15) is 39.1 Å². The van der Waals surface area contributed by atoms with Gasteiger partial charge in [-0.25, -0.2) is 0 Å². The lowest BCUT2D eigenvalue weighted by Crippen LogP contribution is -2.33. The zero-order valence-electron chi connectivity index (χ0n) is 13.9. The Morgan fingerprint density at radius 2 is 1.72 bits per heavy atom. The van der Waals surface area contributed by atoms with Crippen molar-refractivity contribution < 1.29 is 9.59 Å². The monoisotopic (exact) mass is 359 g/mol. The van der Waals surface area contributed by atoms with E-state index < -0.39 is 0 Å². The van der Waals surface area contributed by atoms with Crippen molar-refractivity contribution in [3.05, 3.63) is 59.4 Å². The molecule has 3 unspecified atom stereocenters. The first-order valence-corrected chi connectivity index (χ1v) is 8.46. The molecule has 5 nitrogen and oxygen atoms in total. The highest BCUT2D eigenvalue weighted by atomic mass is 35.5. The molecule has 2 heterocycles. The first-order chi connectivity index (χ1) is 11.6. The van der Waals surface area contributed by atoms with Gasteiger partial charge in [0, 0.05) is 48.2 Å². The number of nitrogens with zero attached hydrogens (tertiary/aromatic N) is 1. The molecule has 1 saturated heterocycles. The zero-order chi connectivity index (χ0) is 16.7. The Hall–Kier alpha value is -2.11. The Kier molecular flexibility index (Phi) is 4.97. The summed E-state index contributed by atoms with van der Waals surface area (Å²) in [7, 11) is 0. The van der Waals surface area contributed by atoms with Crippen molar-refractivity contribution in [2.75, 3.05) is 13.1 Å². The minimum atomic E-state index is -0.0445. The smallest absolute Gasteiger partial charge is 0.253 e. The van der Waals surface area contributed by atoms with E-state index in [4.69, 9.17) is 5.73 Å². The number of ketones is 1. The number of hydrogen-bond acceptors (Lipinski definition) is 3. The van der Waals surface area contributed by atoms with Gasteiger partial charge >= 0.3 is 0 Å². The topological polar surface area (TPSA) is 79.2 Å². The number of nitrogens with one attached hydrogen (secondary N) is 1. The highest BCUT2D eigenvalue weighted by Gasteiger charge is 2.42. The molecule has 4 rings (SSSR count). The zero-order valence-corrected chi connectivity index (χ0v) is 14.7. The molecular weight excluding hydrogens is 338 g/mol. The van der Waals surface area contributed by atoms with E-state index >= 15 is 0 Å². The van der Waals surface area contributed by atoms with Crippen molar-refractivity contribution in [3.8, 4) is 0 Å².